The van der Waals surface area contributed by atoms with Crippen molar-refractivity contribution in [3.63, 3.8) is 0 Å². The van der Waals surface area contributed by atoms with Gasteiger partial charge in [-0.1, -0.05) is 0 Å². The second-order valence-electron chi connectivity index (χ2n) is 9.70. The molecule has 0 heterocycles. The van der Waals surface area contributed by atoms with Gasteiger partial charge in [-0.25, -0.2) is 11.7 Å². The highest BCUT2D eigenvalue weighted by molar-refractivity contribution is 5.76. The Bertz CT molecular complexity index is 489. The van der Waals surface area contributed by atoms with E-state index in [0.717, 1.165) is 35.5 Å². The van der Waals surface area contributed by atoms with E-state index in [1.54, 1.807) is 0 Å². The average Bonchev–Trinajstić information content (AvgIpc) is 2.57. The Kier molecular flexibility index (Phi) is 2.98. The molecule has 7 fully saturated rings. The fraction of sp³-hybridized carbons (Fsp3) is 0.889. The molecule has 0 saturated heterocycles. The molecule has 0 aromatic rings. The summed E-state index contributed by atoms with van der Waals surface area (Å²) in [5.41, 5.74) is 5.12. The number of carbonyl (C=O) groups excluding carboxylic acids is 2. The monoisotopic (exact) mass is 332 g/mol. The predicted molar refractivity (Wildman–Crippen MR) is 87.4 cm³/mol. The maximum atomic E-state index is 11.9. The van der Waals surface area contributed by atoms with Crippen molar-refractivity contribution in [3.05, 3.63) is 0 Å². The molecule has 0 aromatic heterocycles. The van der Waals surface area contributed by atoms with Gasteiger partial charge >= 0.3 is 0 Å². The topological polar surface area (TPSA) is 110 Å². The molecule has 0 radical (unpaired) electrons. The minimum absolute atomic E-state index is 0.00434. The van der Waals surface area contributed by atoms with Crippen molar-refractivity contribution in [1.82, 2.24) is 10.9 Å². The average molecular weight is 332 g/mol. The van der Waals surface area contributed by atoms with Gasteiger partial charge in [0.1, 0.15) is 0 Å². The molecule has 0 spiro atoms. The Morgan fingerprint density at radius 1 is 0.667 bits per heavy atom. The second kappa shape index (κ2) is 4.73. The van der Waals surface area contributed by atoms with Crippen LogP contribution in [0.5, 0.6) is 0 Å². The van der Waals surface area contributed by atoms with E-state index in [9.17, 15) is 9.59 Å². The van der Waals surface area contributed by atoms with Crippen molar-refractivity contribution >= 4 is 11.8 Å². The molecule has 7 saturated carbocycles. The molecule has 6 heteroatoms. The lowest BCUT2D eigenvalue weighted by Gasteiger charge is -2.75. The number of carbonyl (C=O) groups is 2. The fourth-order valence-corrected chi connectivity index (χ4v) is 8.44. The number of hydrogen-bond donors (Lipinski definition) is 4. The number of hydrazine groups is 2. The van der Waals surface area contributed by atoms with E-state index in [1.165, 1.54) is 38.5 Å². The third kappa shape index (κ3) is 1.84. The molecule has 0 aromatic carbocycles. The zero-order chi connectivity index (χ0) is 16.7. The Morgan fingerprint density at radius 3 is 1.12 bits per heavy atom. The standard InChI is InChI=1S/C18H28N4O2/c19-21-15(23)7-17-1-9-10-4-18(8-16(24)22-20)5-11(9)13(3-17)14(6-18)12(10)2-17/h9-14H,1-8,19-20H2,(H,21,23)(H,22,24). The van der Waals surface area contributed by atoms with Crippen LogP contribution in [-0.4, -0.2) is 11.8 Å². The van der Waals surface area contributed by atoms with Gasteiger partial charge in [-0.15, -0.1) is 0 Å². The van der Waals surface area contributed by atoms with Crippen LogP contribution in [0.3, 0.4) is 0 Å². The molecule has 6 N–H and O–H groups in total. The molecule has 7 rings (SSSR count). The van der Waals surface area contributed by atoms with E-state index in [0.29, 0.717) is 12.8 Å². The second-order valence-corrected chi connectivity index (χ2v) is 9.70. The predicted octanol–water partition coefficient (Wildman–Crippen LogP) is 0.825. The van der Waals surface area contributed by atoms with Crippen molar-refractivity contribution in [2.75, 3.05) is 0 Å². The largest absolute Gasteiger partial charge is 0.294 e. The van der Waals surface area contributed by atoms with E-state index in [-0.39, 0.29) is 22.6 Å². The van der Waals surface area contributed by atoms with Gasteiger partial charge < -0.3 is 0 Å². The highest BCUT2D eigenvalue weighted by Gasteiger charge is 2.70. The lowest BCUT2D eigenvalue weighted by atomic mass is 9.30. The molecule has 7 aliphatic rings. The molecule has 24 heavy (non-hydrogen) atoms. The minimum Gasteiger partial charge on any atom is -0.294 e. The summed E-state index contributed by atoms with van der Waals surface area (Å²) in [5, 5.41) is 0. The Hall–Kier alpha value is -1.14. The van der Waals surface area contributed by atoms with Gasteiger partial charge in [-0.3, -0.25) is 20.4 Å². The van der Waals surface area contributed by atoms with Crippen LogP contribution in [0, 0.1) is 46.3 Å². The summed E-state index contributed by atoms with van der Waals surface area (Å²) in [7, 11) is 0. The van der Waals surface area contributed by atoms with E-state index in [4.69, 9.17) is 11.7 Å². The van der Waals surface area contributed by atoms with Gasteiger partial charge in [-0.2, -0.15) is 0 Å². The van der Waals surface area contributed by atoms with Crippen LogP contribution in [-0.2, 0) is 9.59 Å². The lowest BCUT2D eigenvalue weighted by molar-refractivity contribution is -0.257. The SMILES string of the molecule is NNC(=O)CC12CC3C4CC5(CC(=O)NN)CC3C(C1)C(C5)C4C2. The minimum atomic E-state index is 0.00434. The van der Waals surface area contributed by atoms with Gasteiger partial charge in [0.05, 0.1) is 0 Å². The first kappa shape index (κ1) is 15.1. The molecule has 2 amide bonds. The van der Waals surface area contributed by atoms with Crippen molar-refractivity contribution in [1.29, 1.82) is 0 Å². The number of nitrogens with one attached hydrogen (secondary N) is 2. The number of amides is 2. The number of rotatable bonds is 4. The molecule has 7 aliphatic carbocycles. The van der Waals surface area contributed by atoms with E-state index >= 15 is 0 Å². The van der Waals surface area contributed by atoms with Crippen molar-refractivity contribution in [2.24, 2.45) is 58.0 Å². The third-order valence-electron chi connectivity index (χ3n) is 8.71. The van der Waals surface area contributed by atoms with E-state index in [1.807, 2.05) is 0 Å². The maximum Gasteiger partial charge on any atom is 0.234 e. The van der Waals surface area contributed by atoms with E-state index < -0.39 is 0 Å². The molecular weight excluding hydrogens is 304 g/mol. The van der Waals surface area contributed by atoms with Crippen LogP contribution in [0.1, 0.15) is 51.4 Å². The quantitative estimate of drug-likeness (QED) is 0.347. The zero-order valence-electron chi connectivity index (χ0n) is 14.1. The van der Waals surface area contributed by atoms with Crippen LogP contribution < -0.4 is 22.5 Å². The summed E-state index contributed by atoms with van der Waals surface area (Å²) in [5.74, 6) is 15.4. The van der Waals surface area contributed by atoms with Crippen LogP contribution in [0.25, 0.3) is 0 Å². The third-order valence-corrected chi connectivity index (χ3v) is 8.71. The smallest absolute Gasteiger partial charge is 0.234 e. The maximum absolute atomic E-state index is 11.9. The summed E-state index contributed by atoms with van der Waals surface area (Å²) in [6.45, 7) is 0. The van der Waals surface area contributed by atoms with Crippen molar-refractivity contribution < 1.29 is 9.59 Å². The Balaban J connectivity index is 1.43. The summed E-state index contributed by atoms with van der Waals surface area (Å²) in [4.78, 5) is 23.9. The Morgan fingerprint density at radius 2 is 0.917 bits per heavy atom. The number of hydrogen-bond acceptors (Lipinski definition) is 4. The van der Waals surface area contributed by atoms with Crippen molar-refractivity contribution in [3.8, 4) is 0 Å². The molecule has 0 atom stereocenters. The molecular formula is C18H28N4O2. The summed E-state index contributed by atoms with van der Waals surface area (Å²) in [6, 6.07) is 0. The van der Waals surface area contributed by atoms with Gasteiger partial charge in [0.15, 0.2) is 0 Å². The summed E-state index contributed by atoms with van der Waals surface area (Å²) < 4.78 is 0. The van der Waals surface area contributed by atoms with E-state index in [2.05, 4.69) is 10.9 Å². The number of nitrogens with two attached hydrogens (primary N) is 2. The van der Waals surface area contributed by atoms with Crippen LogP contribution in [0.15, 0.2) is 0 Å². The van der Waals surface area contributed by atoms with Gasteiger partial charge in [0.25, 0.3) is 0 Å². The molecule has 132 valence electrons. The van der Waals surface area contributed by atoms with Gasteiger partial charge in [-0.05, 0) is 84.9 Å². The first-order chi connectivity index (χ1) is 11.5. The molecule has 0 unspecified atom stereocenters. The van der Waals surface area contributed by atoms with Gasteiger partial charge in [0.2, 0.25) is 11.8 Å². The molecule has 6 nitrogen and oxygen atoms in total. The van der Waals surface area contributed by atoms with Crippen molar-refractivity contribution in [2.45, 2.75) is 51.4 Å². The normalized spacial score (nSPS) is 52.6. The molecule has 8 bridgehead atoms. The summed E-state index contributed by atoms with van der Waals surface area (Å²) in [6.07, 6.45) is 8.44. The van der Waals surface area contributed by atoms with Crippen LogP contribution >= 0.6 is 0 Å². The fourth-order valence-electron chi connectivity index (χ4n) is 8.44. The molecule has 0 aliphatic heterocycles. The zero-order valence-corrected chi connectivity index (χ0v) is 14.1. The van der Waals surface area contributed by atoms with Crippen LogP contribution in [0.4, 0.5) is 0 Å². The first-order valence-corrected chi connectivity index (χ1v) is 9.47. The Labute approximate surface area is 142 Å². The summed E-state index contributed by atoms with van der Waals surface area (Å²) >= 11 is 0. The first-order valence-electron chi connectivity index (χ1n) is 9.47. The highest BCUT2D eigenvalue weighted by atomic mass is 16.2. The van der Waals surface area contributed by atoms with Gasteiger partial charge in [0, 0.05) is 12.8 Å². The lowest BCUT2D eigenvalue weighted by Crippen LogP contribution is -2.68. The highest BCUT2D eigenvalue weighted by Crippen LogP contribution is 2.77. The van der Waals surface area contributed by atoms with Crippen LogP contribution in [0.2, 0.25) is 0 Å².